The molecule has 0 heterocycles. The number of rotatable bonds is 8. The Labute approximate surface area is 158 Å². The fraction of sp³-hybridized carbons (Fsp3) is 0.609. The predicted molar refractivity (Wildman–Crippen MR) is 106 cm³/mol. The van der Waals surface area contributed by atoms with Gasteiger partial charge in [-0.25, -0.2) is 0 Å². The first-order valence-corrected chi connectivity index (χ1v) is 10.0. The summed E-state index contributed by atoms with van der Waals surface area (Å²) >= 11 is 0. The molecule has 0 radical (unpaired) electrons. The molecule has 1 saturated carbocycles. The maximum Gasteiger partial charge on any atom is 0.227 e. The summed E-state index contributed by atoms with van der Waals surface area (Å²) in [5.41, 5.74) is 2.97. The molecule has 1 amide bonds. The third-order valence-electron chi connectivity index (χ3n) is 6.60. The topological polar surface area (TPSA) is 29.5 Å². The summed E-state index contributed by atoms with van der Waals surface area (Å²) in [4.78, 5) is 15.1. The predicted octanol–water partition coefficient (Wildman–Crippen LogP) is 4.86. The number of allylic oxidation sites excluding steroid dienone is 1. The van der Waals surface area contributed by atoms with Gasteiger partial charge in [-0.1, -0.05) is 51.0 Å². The fourth-order valence-electron chi connectivity index (χ4n) is 4.55. The van der Waals surface area contributed by atoms with Gasteiger partial charge in [-0.15, -0.1) is 0 Å². The molecule has 2 bridgehead atoms. The summed E-state index contributed by atoms with van der Waals surface area (Å²) in [7, 11) is 1.66. The van der Waals surface area contributed by atoms with Crippen LogP contribution in [0.5, 0.6) is 5.75 Å². The minimum atomic E-state index is 0.240. The van der Waals surface area contributed by atoms with E-state index in [9.17, 15) is 4.79 Å². The fourth-order valence-corrected chi connectivity index (χ4v) is 4.55. The Morgan fingerprint density at radius 3 is 2.58 bits per heavy atom. The van der Waals surface area contributed by atoms with Gasteiger partial charge in [-0.05, 0) is 54.2 Å². The van der Waals surface area contributed by atoms with Gasteiger partial charge in [-0.2, -0.15) is 0 Å². The van der Waals surface area contributed by atoms with E-state index in [4.69, 9.17) is 4.74 Å². The van der Waals surface area contributed by atoms with Crippen molar-refractivity contribution in [2.24, 2.45) is 17.3 Å². The number of hydrogen-bond donors (Lipinski definition) is 0. The summed E-state index contributed by atoms with van der Waals surface area (Å²) in [6.45, 7) is 8.66. The molecule has 3 heteroatoms. The van der Waals surface area contributed by atoms with E-state index in [0.29, 0.717) is 17.8 Å². The molecule has 0 saturated heterocycles. The number of amides is 1. The van der Waals surface area contributed by atoms with E-state index in [1.165, 1.54) is 18.4 Å². The van der Waals surface area contributed by atoms with Crippen molar-refractivity contribution in [3.05, 3.63) is 41.5 Å². The van der Waals surface area contributed by atoms with Gasteiger partial charge in [0.05, 0.1) is 13.5 Å². The number of ether oxygens (including phenoxy) is 1. The first-order valence-electron chi connectivity index (χ1n) is 10.0. The lowest BCUT2D eigenvalue weighted by Crippen LogP contribution is -2.50. The number of unbranched alkanes of at least 4 members (excludes halogenated alkanes) is 1. The molecule has 1 fully saturated rings. The summed E-state index contributed by atoms with van der Waals surface area (Å²) in [5, 5.41) is 0. The Balaban J connectivity index is 1.66. The van der Waals surface area contributed by atoms with Crippen molar-refractivity contribution in [3.63, 3.8) is 0 Å². The van der Waals surface area contributed by atoms with E-state index < -0.39 is 0 Å². The molecule has 0 aliphatic heterocycles. The Bertz CT molecular complexity index is 659. The molecule has 3 nitrogen and oxygen atoms in total. The summed E-state index contributed by atoms with van der Waals surface area (Å²) in [6, 6.07) is 7.85. The molecule has 26 heavy (non-hydrogen) atoms. The van der Waals surface area contributed by atoms with Crippen LogP contribution in [0.2, 0.25) is 0 Å². The van der Waals surface area contributed by atoms with E-state index in [-0.39, 0.29) is 5.91 Å². The molecular weight excluding hydrogens is 322 g/mol. The zero-order valence-electron chi connectivity index (χ0n) is 16.8. The highest BCUT2D eigenvalue weighted by Gasteiger charge is 2.51. The van der Waals surface area contributed by atoms with Gasteiger partial charge in [-0.3, -0.25) is 4.79 Å². The molecule has 0 spiro atoms. The van der Waals surface area contributed by atoms with E-state index in [2.05, 4.69) is 31.7 Å². The third-order valence-corrected chi connectivity index (χ3v) is 6.60. The van der Waals surface area contributed by atoms with Gasteiger partial charge in [0, 0.05) is 13.1 Å². The highest BCUT2D eigenvalue weighted by Crippen LogP contribution is 2.59. The average Bonchev–Trinajstić information content (AvgIpc) is 2.65. The Kier molecular flexibility index (Phi) is 5.74. The second-order valence-electron chi connectivity index (χ2n) is 8.52. The Morgan fingerprint density at radius 2 is 2.00 bits per heavy atom. The van der Waals surface area contributed by atoms with E-state index in [0.717, 1.165) is 43.2 Å². The van der Waals surface area contributed by atoms with Crippen LogP contribution in [0.25, 0.3) is 0 Å². The highest BCUT2D eigenvalue weighted by atomic mass is 16.5. The maximum atomic E-state index is 13.0. The first-order chi connectivity index (χ1) is 12.5. The zero-order valence-corrected chi connectivity index (χ0v) is 16.8. The van der Waals surface area contributed by atoms with Crippen LogP contribution in [0, 0.1) is 17.3 Å². The molecule has 1 aromatic carbocycles. The Morgan fingerprint density at radius 1 is 1.27 bits per heavy atom. The summed E-state index contributed by atoms with van der Waals surface area (Å²) in [6.07, 6.45) is 7.57. The zero-order chi connectivity index (χ0) is 18.7. The first kappa shape index (κ1) is 19.0. The number of fused-ring (bicyclic) bond motifs is 1. The maximum absolute atomic E-state index is 13.0. The van der Waals surface area contributed by atoms with Crippen LogP contribution in [0.4, 0.5) is 0 Å². The molecule has 4 rings (SSSR count). The molecule has 3 aliphatic carbocycles. The SMILES string of the molecule is CCCCN(CC1=CCC2CC1C2(C)C)C(=O)Cc1ccc(OC)cc1. The van der Waals surface area contributed by atoms with Crippen molar-refractivity contribution >= 4 is 5.91 Å². The number of benzene rings is 1. The van der Waals surface area contributed by atoms with Crippen LogP contribution in [0.15, 0.2) is 35.9 Å². The van der Waals surface area contributed by atoms with Crippen molar-refractivity contribution in [2.45, 2.75) is 52.9 Å². The van der Waals surface area contributed by atoms with E-state index in [1.807, 2.05) is 24.3 Å². The van der Waals surface area contributed by atoms with Crippen LogP contribution >= 0.6 is 0 Å². The lowest BCUT2D eigenvalue weighted by molar-refractivity contribution is -0.130. The molecule has 142 valence electrons. The monoisotopic (exact) mass is 355 g/mol. The van der Waals surface area contributed by atoms with E-state index in [1.54, 1.807) is 7.11 Å². The molecule has 0 aromatic heterocycles. The molecule has 1 aromatic rings. The van der Waals surface area contributed by atoms with Crippen LogP contribution in [0.1, 0.15) is 52.0 Å². The smallest absolute Gasteiger partial charge is 0.227 e. The standard InChI is InChI=1S/C23H33NO2/c1-5-6-13-24(16-18-9-10-19-15-21(18)23(19,2)3)22(25)14-17-7-11-20(26-4)12-8-17/h7-9,11-12,19,21H,5-6,10,13-16H2,1-4H3. The van der Waals surface area contributed by atoms with Crippen LogP contribution in [-0.2, 0) is 11.2 Å². The normalized spacial score (nSPS) is 23.0. The second-order valence-corrected chi connectivity index (χ2v) is 8.52. The van der Waals surface area contributed by atoms with Gasteiger partial charge in [0.15, 0.2) is 0 Å². The van der Waals surface area contributed by atoms with E-state index >= 15 is 0 Å². The largest absolute Gasteiger partial charge is 0.497 e. The van der Waals surface area contributed by atoms with Crippen LogP contribution < -0.4 is 4.74 Å². The molecule has 3 aliphatic rings. The van der Waals surface area contributed by atoms with Gasteiger partial charge in [0.25, 0.3) is 0 Å². The highest BCUT2D eigenvalue weighted by molar-refractivity contribution is 5.79. The Hall–Kier alpha value is -1.77. The quantitative estimate of drug-likeness (QED) is 0.623. The van der Waals surface area contributed by atoms with Crippen LogP contribution in [-0.4, -0.2) is 31.0 Å². The summed E-state index contributed by atoms with van der Waals surface area (Å²) in [5.74, 6) is 2.58. The van der Waals surface area contributed by atoms with Crippen molar-refractivity contribution in [3.8, 4) is 5.75 Å². The van der Waals surface area contributed by atoms with Crippen molar-refractivity contribution in [1.29, 1.82) is 0 Å². The lowest BCUT2D eigenvalue weighted by atomic mass is 9.49. The van der Waals surface area contributed by atoms with Gasteiger partial charge in [0.1, 0.15) is 5.75 Å². The van der Waals surface area contributed by atoms with Gasteiger partial charge >= 0.3 is 0 Å². The molecular formula is C23H33NO2. The van der Waals surface area contributed by atoms with Crippen molar-refractivity contribution < 1.29 is 9.53 Å². The number of carbonyl (C=O) groups is 1. The third kappa shape index (κ3) is 3.82. The van der Waals surface area contributed by atoms with Crippen molar-refractivity contribution in [1.82, 2.24) is 4.90 Å². The van der Waals surface area contributed by atoms with Crippen LogP contribution in [0.3, 0.4) is 0 Å². The summed E-state index contributed by atoms with van der Waals surface area (Å²) < 4.78 is 5.21. The van der Waals surface area contributed by atoms with Crippen molar-refractivity contribution in [2.75, 3.05) is 20.2 Å². The molecule has 0 N–H and O–H groups in total. The number of carbonyl (C=O) groups excluding carboxylic acids is 1. The second kappa shape index (κ2) is 7.85. The molecule has 2 atom stereocenters. The van der Waals surface area contributed by atoms with Gasteiger partial charge < -0.3 is 9.64 Å². The minimum Gasteiger partial charge on any atom is -0.497 e. The van der Waals surface area contributed by atoms with Gasteiger partial charge in [0.2, 0.25) is 5.91 Å². The number of methoxy groups -OCH3 is 1. The molecule has 2 unspecified atom stereocenters. The lowest BCUT2D eigenvalue weighted by Gasteiger charge is -2.57. The number of nitrogens with zero attached hydrogens (tertiary/aromatic N) is 1. The number of hydrogen-bond acceptors (Lipinski definition) is 2. The minimum absolute atomic E-state index is 0.240. The average molecular weight is 356 g/mol.